The third-order valence-corrected chi connectivity index (χ3v) is 10.6. The standard InChI is InChI=1S/C46H88N2O8/c1-7-11-15-19-25-41(26-20-16-12-8-2)39-45(51)55-37-35-53-43(49)29-33-48(32-24-23-31-47(5)6)34-30-44(50)54-36-38-56-46(52)40-42(27-21-17-13-9-3)28-22-18-14-10-4/h41-42H,7-40H2,1-6H3. The first-order valence-electron chi connectivity index (χ1n) is 23.1. The Morgan fingerprint density at radius 1 is 0.393 bits per heavy atom. The minimum absolute atomic E-state index is 0.0422. The average Bonchev–Trinajstić information content (AvgIpc) is 3.17. The Balaban J connectivity index is 4.63. The summed E-state index contributed by atoms with van der Waals surface area (Å²) in [6, 6.07) is 0. The van der Waals surface area contributed by atoms with E-state index in [9.17, 15) is 19.2 Å². The van der Waals surface area contributed by atoms with Crippen molar-refractivity contribution in [3.8, 4) is 0 Å². The Morgan fingerprint density at radius 3 is 1.04 bits per heavy atom. The highest BCUT2D eigenvalue weighted by atomic mass is 16.6. The molecule has 0 N–H and O–H groups in total. The number of hydrogen-bond donors (Lipinski definition) is 0. The van der Waals surface area contributed by atoms with E-state index in [-0.39, 0.29) is 63.1 Å². The quantitative estimate of drug-likeness (QED) is 0.0337. The lowest BCUT2D eigenvalue weighted by Crippen LogP contribution is -2.31. The highest BCUT2D eigenvalue weighted by Crippen LogP contribution is 2.23. The van der Waals surface area contributed by atoms with Crippen molar-refractivity contribution in [3.05, 3.63) is 0 Å². The van der Waals surface area contributed by atoms with Crippen LogP contribution in [-0.2, 0) is 38.1 Å². The van der Waals surface area contributed by atoms with Gasteiger partial charge in [-0.3, -0.25) is 19.2 Å². The predicted molar refractivity (Wildman–Crippen MR) is 229 cm³/mol. The highest BCUT2D eigenvalue weighted by Gasteiger charge is 2.18. The maximum absolute atomic E-state index is 12.6. The third-order valence-electron chi connectivity index (χ3n) is 10.6. The Bertz CT molecular complexity index is 856. The lowest BCUT2D eigenvalue weighted by Gasteiger charge is -2.22. The van der Waals surface area contributed by atoms with Crippen molar-refractivity contribution in [2.75, 3.05) is 66.7 Å². The molecule has 0 fully saturated rings. The summed E-state index contributed by atoms with van der Waals surface area (Å²) in [4.78, 5) is 54.6. The van der Waals surface area contributed by atoms with Crippen LogP contribution >= 0.6 is 0 Å². The molecule has 0 spiro atoms. The predicted octanol–water partition coefficient (Wildman–Crippen LogP) is 10.5. The van der Waals surface area contributed by atoms with Crippen molar-refractivity contribution in [2.45, 2.75) is 195 Å². The Hall–Kier alpha value is -2.20. The van der Waals surface area contributed by atoms with Gasteiger partial charge in [0, 0.05) is 25.9 Å². The van der Waals surface area contributed by atoms with Gasteiger partial charge in [-0.2, -0.15) is 0 Å². The summed E-state index contributed by atoms with van der Waals surface area (Å²) >= 11 is 0. The van der Waals surface area contributed by atoms with Crippen molar-refractivity contribution >= 4 is 23.9 Å². The van der Waals surface area contributed by atoms with Crippen molar-refractivity contribution < 1.29 is 38.1 Å². The number of carbonyl (C=O) groups excluding carboxylic acids is 4. The van der Waals surface area contributed by atoms with Crippen LogP contribution in [0, 0.1) is 11.8 Å². The summed E-state index contributed by atoms with van der Waals surface area (Å²) in [6.45, 7) is 11.7. The topological polar surface area (TPSA) is 112 Å². The Labute approximate surface area is 344 Å². The summed E-state index contributed by atoms with van der Waals surface area (Å²) in [5.41, 5.74) is 0. The zero-order valence-corrected chi connectivity index (χ0v) is 37.4. The molecule has 56 heavy (non-hydrogen) atoms. The number of ether oxygens (including phenoxy) is 4. The van der Waals surface area contributed by atoms with Gasteiger partial charge in [-0.15, -0.1) is 0 Å². The molecule has 0 aliphatic heterocycles. The van der Waals surface area contributed by atoms with E-state index in [1.807, 2.05) is 14.1 Å². The molecule has 0 aliphatic carbocycles. The number of unbranched alkanes of at least 4 members (excludes halogenated alkanes) is 13. The first-order valence-corrected chi connectivity index (χ1v) is 23.1. The van der Waals surface area contributed by atoms with E-state index in [4.69, 9.17) is 18.9 Å². The van der Waals surface area contributed by atoms with Crippen LogP contribution in [0.1, 0.15) is 195 Å². The van der Waals surface area contributed by atoms with Crippen molar-refractivity contribution in [1.29, 1.82) is 0 Å². The second-order valence-electron chi connectivity index (χ2n) is 16.3. The van der Waals surface area contributed by atoms with Gasteiger partial charge >= 0.3 is 23.9 Å². The molecule has 0 saturated heterocycles. The number of rotatable bonds is 41. The van der Waals surface area contributed by atoms with Crippen LogP contribution in [0.2, 0.25) is 0 Å². The maximum atomic E-state index is 12.6. The van der Waals surface area contributed by atoms with Gasteiger partial charge in [-0.05, 0) is 77.5 Å². The second kappa shape index (κ2) is 39.6. The SMILES string of the molecule is CCCCCCC(CCCCCC)CC(=O)OCCOC(=O)CCN(CCCCN(C)C)CCC(=O)OCCOC(=O)CC(CCCCCC)CCCCCC. The lowest BCUT2D eigenvalue weighted by molar-refractivity contribution is -0.153. The van der Waals surface area contributed by atoms with E-state index in [1.54, 1.807) is 0 Å². The molecular formula is C46H88N2O8. The van der Waals surface area contributed by atoms with Crippen LogP contribution in [0.3, 0.4) is 0 Å². The summed E-state index contributed by atoms with van der Waals surface area (Å²) in [5, 5.41) is 0. The Morgan fingerprint density at radius 2 is 0.714 bits per heavy atom. The van der Waals surface area contributed by atoms with E-state index in [0.717, 1.165) is 77.3 Å². The largest absolute Gasteiger partial charge is 0.462 e. The number of hydrogen-bond acceptors (Lipinski definition) is 10. The molecule has 0 unspecified atom stereocenters. The van der Waals surface area contributed by atoms with Crippen LogP contribution in [0.5, 0.6) is 0 Å². The summed E-state index contributed by atoms with van der Waals surface area (Å²) in [5.74, 6) is -0.401. The fourth-order valence-electron chi connectivity index (χ4n) is 7.09. The van der Waals surface area contributed by atoms with E-state index in [1.165, 1.54) is 77.0 Å². The molecule has 0 amide bonds. The van der Waals surface area contributed by atoms with Gasteiger partial charge in [0.2, 0.25) is 0 Å². The molecule has 0 aromatic carbocycles. The molecule has 0 aromatic heterocycles. The van der Waals surface area contributed by atoms with Gasteiger partial charge in [-0.25, -0.2) is 0 Å². The summed E-state index contributed by atoms with van der Waals surface area (Å²) in [7, 11) is 4.09. The minimum atomic E-state index is -0.349. The summed E-state index contributed by atoms with van der Waals surface area (Å²) in [6.07, 6.45) is 26.6. The van der Waals surface area contributed by atoms with Crippen molar-refractivity contribution in [3.63, 3.8) is 0 Å². The van der Waals surface area contributed by atoms with Gasteiger partial charge in [0.25, 0.3) is 0 Å². The molecule has 0 atom stereocenters. The van der Waals surface area contributed by atoms with Crippen LogP contribution < -0.4 is 0 Å². The smallest absolute Gasteiger partial charge is 0.307 e. The molecule has 0 rings (SSSR count). The molecule has 0 aromatic rings. The molecule has 330 valence electrons. The van der Waals surface area contributed by atoms with E-state index < -0.39 is 0 Å². The normalized spacial score (nSPS) is 11.5. The first-order chi connectivity index (χ1) is 27.1. The number of nitrogens with zero attached hydrogens (tertiary/aromatic N) is 2. The minimum Gasteiger partial charge on any atom is -0.462 e. The van der Waals surface area contributed by atoms with Crippen LogP contribution in [-0.4, -0.2) is 100 Å². The molecule has 10 nitrogen and oxygen atoms in total. The average molecular weight is 797 g/mol. The monoisotopic (exact) mass is 797 g/mol. The highest BCUT2D eigenvalue weighted by molar-refractivity contribution is 5.71. The molecule has 0 saturated carbocycles. The molecule has 10 heteroatoms. The molecule has 0 heterocycles. The van der Waals surface area contributed by atoms with E-state index in [0.29, 0.717) is 37.8 Å². The van der Waals surface area contributed by atoms with Crippen molar-refractivity contribution in [1.82, 2.24) is 9.80 Å². The molecule has 0 aliphatic rings. The zero-order valence-electron chi connectivity index (χ0n) is 37.4. The van der Waals surface area contributed by atoms with Gasteiger partial charge in [0.15, 0.2) is 0 Å². The maximum Gasteiger partial charge on any atom is 0.307 e. The fourth-order valence-corrected chi connectivity index (χ4v) is 7.09. The zero-order chi connectivity index (χ0) is 41.5. The first kappa shape index (κ1) is 53.8. The fraction of sp³-hybridized carbons (Fsp3) is 0.913. The van der Waals surface area contributed by atoms with E-state index >= 15 is 0 Å². The van der Waals surface area contributed by atoms with Gasteiger partial charge in [-0.1, -0.05) is 130 Å². The van der Waals surface area contributed by atoms with E-state index in [2.05, 4.69) is 37.5 Å². The number of esters is 4. The van der Waals surface area contributed by atoms with Crippen LogP contribution in [0.15, 0.2) is 0 Å². The molecule has 0 radical (unpaired) electrons. The summed E-state index contributed by atoms with van der Waals surface area (Å²) < 4.78 is 21.7. The van der Waals surface area contributed by atoms with Crippen molar-refractivity contribution in [2.24, 2.45) is 11.8 Å². The van der Waals surface area contributed by atoms with Gasteiger partial charge in [0.05, 0.1) is 12.8 Å². The Kier molecular flexibility index (Phi) is 38.1. The van der Waals surface area contributed by atoms with Gasteiger partial charge < -0.3 is 28.7 Å². The van der Waals surface area contributed by atoms with Gasteiger partial charge in [0.1, 0.15) is 26.4 Å². The third kappa shape index (κ3) is 36.2. The lowest BCUT2D eigenvalue weighted by atomic mass is 9.92. The van der Waals surface area contributed by atoms with Crippen LogP contribution in [0.4, 0.5) is 0 Å². The molecule has 0 bridgehead atoms. The second-order valence-corrected chi connectivity index (χ2v) is 16.3. The van der Waals surface area contributed by atoms with Crippen LogP contribution in [0.25, 0.3) is 0 Å². The number of carbonyl (C=O) groups is 4. The molecular weight excluding hydrogens is 709 g/mol.